The Morgan fingerprint density at radius 1 is 1.17 bits per heavy atom. The van der Waals surface area contributed by atoms with Gasteiger partial charge in [0.15, 0.2) is 5.78 Å². The van der Waals surface area contributed by atoms with Crippen LogP contribution in [0.5, 0.6) is 5.75 Å². The topological polar surface area (TPSA) is 72.8 Å². The Balaban J connectivity index is 2.41. The number of rotatable bonds is 8. The highest BCUT2D eigenvalue weighted by Gasteiger charge is 2.36. The number of ketones is 1. The zero-order chi connectivity index (χ0) is 21.8. The molecule has 0 saturated heterocycles. The maximum Gasteiger partial charge on any atom is 0.341 e. The summed E-state index contributed by atoms with van der Waals surface area (Å²) in [6.45, 7) is 11.7. The number of carbonyl (C=O) groups is 1. The van der Waals surface area contributed by atoms with Crippen LogP contribution in [-0.4, -0.2) is 29.8 Å². The van der Waals surface area contributed by atoms with Crippen molar-refractivity contribution in [2.75, 3.05) is 13.2 Å². The minimum absolute atomic E-state index is 0.212. The molecule has 1 N–H and O–H groups in total. The van der Waals surface area contributed by atoms with Gasteiger partial charge in [0.2, 0.25) is 0 Å². The fourth-order valence-electron chi connectivity index (χ4n) is 3.77. The summed E-state index contributed by atoms with van der Waals surface area (Å²) in [5.74, 6) is 0.103. The van der Waals surface area contributed by atoms with Gasteiger partial charge in [-0.3, -0.25) is 9.36 Å². The second-order valence-electron chi connectivity index (χ2n) is 8.56. The molecule has 1 aromatic carbocycles. The molecule has 1 atom stereocenters. The maximum atomic E-state index is 12.9. The largest absolute Gasteiger partial charge is 0.507 e. The van der Waals surface area contributed by atoms with E-state index >= 15 is 0 Å². The van der Waals surface area contributed by atoms with Crippen molar-refractivity contribution >= 4 is 19.5 Å². The van der Waals surface area contributed by atoms with E-state index in [1.807, 2.05) is 6.07 Å². The molecule has 1 aliphatic rings. The van der Waals surface area contributed by atoms with Crippen LogP contribution in [0.2, 0.25) is 0 Å². The highest BCUT2D eigenvalue weighted by Crippen LogP contribution is 2.53. The SMILES string of the molecule is CCOP(=O)(OCC)C(C)C(=O)/C=C/c1cc(C(C)(C)C)c(O)c2c1CCCC2. The van der Waals surface area contributed by atoms with Crippen LogP contribution in [0, 0.1) is 0 Å². The second-order valence-corrected chi connectivity index (χ2v) is 10.9. The molecule has 5 nitrogen and oxygen atoms in total. The van der Waals surface area contributed by atoms with E-state index in [4.69, 9.17) is 9.05 Å². The van der Waals surface area contributed by atoms with Crippen molar-refractivity contribution in [1.29, 1.82) is 0 Å². The molecule has 1 aromatic rings. The van der Waals surface area contributed by atoms with Crippen molar-refractivity contribution in [3.05, 3.63) is 34.4 Å². The molecule has 0 spiro atoms. The molecule has 1 unspecified atom stereocenters. The second kappa shape index (κ2) is 9.59. The van der Waals surface area contributed by atoms with Gasteiger partial charge in [-0.2, -0.15) is 0 Å². The summed E-state index contributed by atoms with van der Waals surface area (Å²) in [4.78, 5) is 12.8. The smallest absolute Gasteiger partial charge is 0.341 e. The van der Waals surface area contributed by atoms with Crippen LogP contribution in [0.3, 0.4) is 0 Å². The van der Waals surface area contributed by atoms with Gasteiger partial charge in [0, 0.05) is 5.56 Å². The summed E-state index contributed by atoms with van der Waals surface area (Å²) in [7, 11) is -3.50. The van der Waals surface area contributed by atoms with Crippen molar-refractivity contribution in [3.63, 3.8) is 0 Å². The molecule has 0 saturated carbocycles. The first-order chi connectivity index (χ1) is 13.5. The van der Waals surface area contributed by atoms with Crippen molar-refractivity contribution in [2.45, 2.75) is 78.3 Å². The standard InChI is InChI=1S/C23H35O5P/c1-7-27-29(26,28-8-2)16(3)21(24)14-13-17-15-20(23(4,5)6)22(25)19-12-10-9-11-18(17)19/h13-16,25H,7-12H2,1-6H3/b14-13+. The van der Waals surface area contributed by atoms with Crippen molar-refractivity contribution < 1.29 is 23.5 Å². The number of phenols is 1. The van der Waals surface area contributed by atoms with E-state index in [1.54, 1.807) is 26.8 Å². The number of hydrogen-bond donors (Lipinski definition) is 1. The zero-order valence-corrected chi connectivity index (χ0v) is 19.5. The fraction of sp³-hybridized carbons (Fsp3) is 0.609. The highest BCUT2D eigenvalue weighted by atomic mass is 31.2. The summed E-state index contributed by atoms with van der Waals surface area (Å²) in [6.07, 6.45) is 7.12. The number of allylic oxidation sites excluding steroid dienone is 1. The zero-order valence-electron chi connectivity index (χ0n) is 18.6. The molecular formula is C23H35O5P. The first-order valence-corrected chi connectivity index (χ1v) is 12.1. The van der Waals surface area contributed by atoms with E-state index in [-0.39, 0.29) is 24.4 Å². The molecule has 6 heteroatoms. The van der Waals surface area contributed by atoms with E-state index < -0.39 is 13.3 Å². The van der Waals surface area contributed by atoms with Crippen LogP contribution in [0.1, 0.15) is 76.6 Å². The van der Waals surface area contributed by atoms with Crippen LogP contribution < -0.4 is 0 Å². The van der Waals surface area contributed by atoms with Crippen LogP contribution in [0.4, 0.5) is 0 Å². The average molecular weight is 423 g/mol. The molecule has 29 heavy (non-hydrogen) atoms. The summed E-state index contributed by atoms with van der Waals surface area (Å²) < 4.78 is 23.5. The molecule has 0 radical (unpaired) electrons. The lowest BCUT2D eigenvalue weighted by molar-refractivity contribution is -0.114. The molecule has 2 rings (SSSR count). The minimum Gasteiger partial charge on any atom is -0.507 e. The van der Waals surface area contributed by atoms with E-state index in [0.29, 0.717) is 5.75 Å². The third kappa shape index (κ3) is 5.39. The summed E-state index contributed by atoms with van der Waals surface area (Å²) in [5, 5.41) is 10.8. The van der Waals surface area contributed by atoms with Gasteiger partial charge < -0.3 is 14.2 Å². The van der Waals surface area contributed by atoms with Gasteiger partial charge in [-0.1, -0.05) is 26.8 Å². The minimum atomic E-state index is -3.50. The molecular weight excluding hydrogens is 387 g/mol. The van der Waals surface area contributed by atoms with Crippen LogP contribution in [0.15, 0.2) is 12.1 Å². The lowest BCUT2D eigenvalue weighted by Crippen LogP contribution is -2.19. The average Bonchev–Trinajstić information content (AvgIpc) is 2.66. The quantitative estimate of drug-likeness (QED) is 0.423. The highest BCUT2D eigenvalue weighted by molar-refractivity contribution is 7.55. The van der Waals surface area contributed by atoms with Gasteiger partial charge in [-0.05, 0) is 80.7 Å². The van der Waals surface area contributed by atoms with E-state index in [0.717, 1.165) is 47.9 Å². The Labute approximate surface area is 175 Å². The number of carbonyl (C=O) groups excluding carboxylic acids is 1. The first-order valence-electron chi connectivity index (χ1n) is 10.5. The number of aromatic hydroxyl groups is 1. The summed E-state index contributed by atoms with van der Waals surface area (Å²) in [5.41, 5.74) is 2.86. The Kier molecular flexibility index (Phi) is 7.89. The van der Waals surface area contributed by atoms with Gasteiger partial charge in [-0.25, -0.2) is 0 Å². The molecule has 1 aliphatic carbocycles. The Hall–Kier alpha value is -1.42. The lowest BCUT2D eigenvalue weighted by Gasteiger charge is -2.27. The van der Waals surface area contributed by atoms with Crippen molar-refractivity contribution in [2.24, 2.45) is 0 Å². The van der Waals surface area contributed by atoms with Gasteiger partial charge in [0.05, 0.1) is 13.2 Å². The van der Waals surface area contributed by atoms with E-state index in [2.05, 4.69) is 20.8 Å². The van der Waals surface area contributed by atoms with Gasteiger partial charge >= 0.3 is 7.60 Å². The summed E-state index contributed by atoms with van der Waals surface area (Å²) >= 11 is 0. The van der Waals surface area contributed by atoms with Crippen molar-refractivity contribution in [3.8, 4) is 5.75 Å². The Morgan fingerprint density at radius 2 is 1.72 bits per heavy atom. The molecule has 0 bridgehead atoms. The monoisotopic (exact) mass is 422 g/mol. The van der Waals surface area contributed by atoms with Gasteiger partial charge in [0.1, 0.15) is 11.4 Å². The molecule has 0 aliphatic heterocycles. The lowest BCUT2D eigenvalue weighted by atomic mass is 9.79. The Morgan fingerprint density at radius 3 is 2.24 bits per heavy atom. The summed E-state index contributed by atoms with van der Waals surface area (Å²) in [6, 6.07) is 1.98. The number of fused-ring (bicyclic) bond motifs is 1. The molecule has 0 aromatic heterocycles. The van der Waals surface area contributed by atoms with Crippen LogP contribution in [0.25, 0.3) is 6.08 Å². The van der Waals surface area contributed by atoms with Gasteiger partial charge in [-0.15, -0.1) is 0 Å². The molecule has 0 amide bonds. The fourth-order valence-corrected chi connectivity index (χ4v) is 5.41. The predicted octanol–water partition coefficient (Wildman–Crippen LogP) is 5.81. The molecule has 162 valence electrons. The normalized spacial score (nSPS) is 16.1. The van der Waals surface area contributed by atoms with E-state index in [1.165, 1.54) is 6.08 Å². The Bertz CT molecular complexity index is 810. The van der Waals surface area contributed by atoms with E-state index in [9.17, 15) is 14.5 Å². The van der Waals surface area contributed by atoms with Gasteiger partial charge in [0.25, 0.3) is 0 Å². The van der Waals surface area contributed by atoms with Crippen LogP contribution in [-0.2, 0) is 36.7 Å². The molecule has 0 fully saturated rings. The predicted molar refractivity (Wildman–Crippen MR) is 118 cm³/mol. The number of benzene rings is 1. The molecule has 0 heterocycles. The number of hydrogen-bond acceptors (Lipinski definition) is 5. The van der Waals surface area contributed by atoms with Crippen molar-refractivity contribution in [1.82, 2.24) is 0 Å². The third-order valence-corrected chi connectivity index (χ3v) is 7.84. The third-order valence-electron chi connectivity index (χ3n) is 5.40. The first kappa shape index (κ1) is 23.9. The maximum absolute atomic E-state index is 12.9. The number of phenolic OH excluding ortho intramolecular Hbond substituents is 1. The van der Waals surface area contributed by atoms with Crippen LogP contribution >= 0.6 is 7.60 Å².